The summed E-state index contributed by atoms with van der Waals surface area (Å²) in [5, 5.41) is 8.46. The van der Waals surface area contributed by atoms with Crippen LogP contribution in [0.5, 0.6) is 0 Å². The number of fused-ring (bicyclic) bond motifs is 3. The number of rotatable bonds is 5. The molecule has 0 spiro atoms. The SMILES string of the molecule is COC(=O)Nc1nc2c(s1)-c1c(c(-c3ccc(C)nc3)nn1-c1ccc(N3CCC(N4CCN(C)CC4)CC3)cc1)CC2. The number of carbonyl (C=O) groups is 1. The number of carbonyl (C=O) groups excluding carboxylic acids is 1. The van der Waals surface area contributed by atoms with Crippen molar-refractivity contribution >= 4 is 28.2 Å². The van der Waals surface area contributed by atoms with Crippen LogP contribution in [0.3, 0.4) is 0 Å². The molecule has 0 radical (unpaired) electrons. The largest absolute Gasteiger partial charge is 0.453 e. The maximum Gasteiger partial charge on any atom is 0.413 e. The van der Waals surface area contributed by atoms with Gasteiger partial charge in [-0.1, -0.05) is 11.3 Å². The Hall–Kier alpha value is -3.80. The zero-order chi connectivity index (χ0) is 29.5. The Morgan fingerprint density at radius 1 is 0.977 bits per heavy atom. The average molecular weight is 599 g/mol. The lowest BCUT2D eigenvalue weighted by molar-refractivity contribution is 0.0982. The molecule has 5 heterocycles. The number of likely N-dealkylation sites (N-methyl/N-ethyl adjacent to an activating group) is 1. The summed E-state index contributed by atoms with van der Waals surface area (Å²) in [7, 11) is 3.58. The second-order valence-electron chi connectivity index (χ2n) is 11.8. The summed E-state index contributed by atoms with van der Waals surface area (Å²) in [5.74, 6) is 0. The third-order valence-electron chi connectivity index (χ3n) is 9.07. The molecule has 1 amide bonds. The molecule has 11 heteroatoms. The van der Waals surface area contributed by atoms with E-state index < -0.39 is 6.09 Å². The van der Waals surface area contributed by atoms with Gasteiger partial charge < -0.3 is 14.5 Å². The van der Waals surface area contributed by atoms with Crippen LogP contribution in [0.1, 0.15) is 29.8 Å². The van der Waals surface area contributed by atoms with Crippen LogP contribution in [-0.2, 0) is 17.6 Å². The highest BCUT2D eigenvalue weighted by Crippen LogP contribution is 2.44. The van der Waals surface area contributed by atoms with Crippen molar-refractivity contribution in [2.45, 2.75) is 38.6 Å². The van der Waals surface area contributed by atoms with Gasteiger partial charge in [-0.05, 0) is 76.1 Å². The number of aromatic nitrogens is 4. The minimum Gasteiger partial charge on any atom is -0.453 e. The van der Waals surface area contributed by atoms with Gasteiger partial charge >= 0.3 is 6.09 Å². The number of thiazole rings is 1. The molecule has 0 unspecified atom stereocenters. The fraction of sp³-hybridized carbons (Fsp3) is 0.438. The second-order valence-corrected chi connectivity index (χ2v) is 12.8. The van der Waals surface area contributed by atoms with Crippen LogP contribution < -0.4 is 10.2 Å². The van der Waals surface area contributed by atoms with Crippen molar-refractivity contribution < 1.29 is 9.53 Å². The number of nitrogens with one attached hydrogen (secondary N) is 1. The van der Waals surface area contributed by atoms with E-state index in [1.165, 1.54) is 68.7 Å². The van der Waals surface area contributed by atoms with Gasteiger partial charge in [0.05, 0.1) is 34.8 Å². The molecule has 4 aromatic rings. The predicted octanol–water partition coefficient (Wildman–Crippen LogP) is 4.86. The second kappa shape index (κ2) is 11.7. The number of hydrogen-bond donors (Lipinski definition) is 1. The van der Waals surface area contributed by atoms with Crippen LogP contribution in [0.2, 0.25) is 0 Å². The number of nitrogens with zero attached hydrogens (tertiary/aromatic N) is 7. The van der Waals surface area contributed by atoms with Crippen LogP contribution in [0.15, 0.2) is 42.6 Å². The summed E-state index contributed by atoms with van der Waals surface area (Å²) in [6.45, 7) is 8.88. The van der Waals surface area contributed by atoms with Gasteiger partial charge in [0.15, 0.2) is 5.13 Å². The standard InChI is InChI=1S/C32H38N8O2S/c1-21-4-5-22(20-33-21)28-26-10-11-27-30(43-31(34-27)35-32(41)42-3)29(26)40(36-28)25-8-6-23(7-9-25)38-14-12-24(13-15-38)39-18-16-37(2)17-19-39/h4-9,20,24H,10-19H2,1-3H3,(H,34,35,41). The Balaban J connectivity index is 1.17. The number of piperidine rings is 1. The highest BCUT2D eigenvalue weighted by molar-refractivity contribution is 7.19. The number of amides is 1. The van der Waals surface area contributed by atoms with Gasteiger partial charge in [-0.15, -0.1) is 0 Å². The first-order valence-electron chi connectivity index (χ1n) is 15.1. The Morgan fingerprint density at radius 3 is 2.42 bits per heavy atom. The molecule has 2 saturated heterocycles. The molecular formula is C32H38N8O2S. The molecule has 0 bridgehead atoms. The molecule has 7 rings (SSSR count). The van der Waals surface area contributed by atoms with Crippen molar-refractivity contribution in [1.29, 1.82) is 0 Å². The maximum absolute atomic E-state index is 11.9. The minimum atomic E-state index is -0.519. The van der Waals surface area contributed by atoms with Crippen LogP contribution >= 0.6 is 11.3 Å². The summed E-state index contributed by atoms with van der Waals surface area (Å²) in [6, 6.07) is 13.6. The smallest absolute Gasteiger partial charge is 0.413 e. The molecule has 3 aromatic heterocycles. The molecule has 3 aliphatic rings. The zero-order valence-corrected chi connectivity index (χ0v) is 25.9. The maximum atomic E-state index is 11.9. The predicted molar refractivity (Wildman–Crippen MR) is 170 cm³/mol. The van der Waals surface area contributed by atoms with Gasteiger partial charge in [-0.3, -0.25) is 15.2 Å². The summed E-state index contributed by atoms with van der Waals surface area (Å²) in [6.07, 6.45) is 5.40. The Labute approximate surface area is 256 Å². The quantitative estimate of drug-likeness (QED) is 0.348. The molecule has 10 nitrogen and oxygen atoms in total. The highest BCUT2D eigenvalue weighted by atomic mass is 32.1. The molecular weight excluding hydrogens is 560 g/mol. The van der Waals surface area contributed by atoms with Gasteiger partial charge in [0.1, 0.15) is 0 Å². The monoisotopic (exact) mass is 598 g/mol. The van der Waals surface area contributed by atoms with Gasteiger partial charge in [-0.2, -0.15) is 5.10 Å². The van der Waals surface area contributed by atoms with E-state index in [1.807, 2.05) is 23.9 Å². The van der Waals surface area contributed by atoms with E-state index in [0.29, 0.717) is 11.2 Å². The number of benzene rings is 1. The van der Waals surface area contributed by atoms with E-state index in [4.69, 9.17) is 14.8 Å². The molecule has 0 atom stereocenters. The lowest BCUT2D eigenvalue weighted by Gasteiger charge is -2.42. The molecule has 2 aliphatic heterocycles. The third kappa shape index (κ3) is 5.52. The first-order chi connectivity index (χ1) is 21.0. The van der Waals surface area contributed by atoms with Crippen LogP contribution in [0, 0.1) is 6.92 Å². The molecule has 43 heavy (non-hydrogen) atoms. The topological polar surface area (TPSA) is 91.6 Å². The molecule has 1 aliphatic carbocycles. The third-order valence-corrected chi connectivity index (χ3v) is 10.1. The number of ether oxygens (including phenoxy) is 1. The number of piperazine rings is 1. The van der Waals surface area contributed by atoms with Gasteiger partial charge in [0, 0.05) is 74.0 Å². The Bertz CT molecular complexity index is 1600. The number of pyridine rings is 1. The number of anilines is 2. The van der Waals surface area contributed by atoms with Crippen LogP contribution in [0.4, 0.5) is 15.6 Å². The van der Waals surface area contributed by atoms with E-state index in [2.05, 4.69) is 62.4 Å². The molecule has 1 N–H and O–H groups in total. The summed E-state index contributed by atoms with van der Waals surface area (Å²) in [5.41, 5.74) is 8.37. The lowest BCUT2D eigenvalue weighted by Crippen LogP contribution is -2.52. The molecule has 224 valence electrons. The van der Waals surface area contributed by atoms with Gasteiger partial charge in [0.25, 0.3) is 0 Å². The summed E-state index contributed by atoms with van der Waals surface area (Å²) < 4.78 is 6.85. The number of hydrogen-bond acceptors (Lipinski definition) is 9. The zero-order valence-electron chi connectivity index (χ0n) is 25.0. The Kier molecular flexibility index (Phi) is 7.62. The molecule has 0 saturated carbocycles. The first-order valence-corrected chi connectivity index (χ1v) is 16.0. The lowest BCUT2D eigenvalue weighted by atomic mass is 9.95. The fourth-order valence-corrected chi connectivity index (χ4v) is 7.62. The molecule has 2 fully saturated rings. The number of methoxy groups -OCH3 is 1. The van der Waals surface area contributed by atoms with Crippen LogP contribution in [-0.4, -0.2) is 95.1 Å². The average Bonchev–Trinajstić information content (AvgIpc) is 3.63. The fourth-order valence-electron chi connectivity index (χ4n) is 6.57. The van der Waals surface area contributed by atoms with Crippen molar-refractivity contribution in [1.82, 2.24) is 29.5 Å². The van der Waals surface area contributed by atoms with Gasteiger partial charge in [0.2, 0.25) is 0 Å². The Morgan fingerprint density at radius 2 is 1.72 bits per heavy atom. The van der Waals surface area contributed by atoms with Crippen molar-refractivity contribution in [2.75, 3.05) is 63.6 Å². The van der Waals surface area contributed by atoms with Crippen molar-refractivity contribution in [3.8, 4) is 27.5 Å². The normalized spacial score (nSPS) is 17.9. The van der Waals surface area contributed by atoms with E-state index in [9.17, 15) is 4.79 Å². The van der Waals surface area contributed by atoms with E-state index in [-0.39, 0.29) is 0 Å². The summed E-state index contributed by atoms with van der Waals surface area (Å²) in [4.78, 5) is 29.9. The van der Waals surface area contributed by atoms with Crippen molar-refractivity contribution in [3.63, 3.8) is 0 Å². The van der Waals surface area contributed by atoms with Crippen molar-refractivity contribution in [2.24, 2.45) is 0 Å². The van der Waals surface area contributed by atoms with E-state index in [0.717, 1.165) is 64.8 Å². The van der Waals surface area contributed by atoms with Crippen molar-refractivity contribution in [3.05, 3.63) is 59.5 Å². The summed E-state index contributed by atoms with van der Waals surface area (Å²) >= 11 is 1.46. The number of aryl methyl sites for hydroxylation is 2. The first kappa shape index (κ1) is 28.0. The highest BCUT2D eigenvalue weighted by Gasteiger charge is 2.31. The van der Waals surface area contributed by atoms with E-state index >= 15 is 0 Å². The minimum absolute atomic E-state index is 0.519. The van der Waals surface area contributed by atoms with Gasteiger partial charge in [-0.25, -0.2) is 14.5 Å². The van der Waals surface area contributed by atoms with Crippen LogP contribution in [0.25, 0.3) is 27.5 Å². The molecule has 1 aromatic carbocycles. The van der Waals surface area contributed by atoms with E-state index in [1.54, 1.807) is 0 Å².